The van der Waals surface area contributed by atoms with Gasteiger partial charge in [0.05, 0.1) is 44.5 Å². The number of carbonyl (C=O) groups is 8. The van der Waals surface area contributed by atoms with E-state index in [1.54, 1.807) is 72.8 Å². The highest BCUT2D eigenvalue weighted by Gasteiger charge is 2.38. The van der Waals surface area contributed by atoms with E-state index in [4.69, 9.17) is 40.6 Å². The quantitative estimate of drug-likeness (QED) is 0.0706. The molecule has 0 saturated heterocycles. The number of fused-ring (bicyclic) bond motifs is 3. The highest BCUT2D eigenvalue weighted by molar-refractivity contribution is 6.22. The van der Waals surface area contributed by atoms with Crippen LogP contribution in [0.2, 0.25) is 0 Å². The number of hydrogen-bond acceptors (Lipinski definition) is 16. The van der Waals surface area contributed by atoms with E-state index in [9.17, 15) is 38.4 Å². The number of rotatable bonds is 6. The van der Waals surface area contributed by atoms with Crippen LogP contribution in [0.5, 0.6) is 0 Å². The van der Waals surface area contributed by atoms with Crippen LogP contribution in [0, 0.1) is 30.3 Å². The standard InChI is InChI=1S/2C12H13NO2.C8H6O4.C8H4O3.3CH3NO2.CH5N/c2*1-3-8(2)13-11(14)9-6-4-5-7-10(9)12(13)15;9-7(10)5-3-1-2-4-6(5)8(11)12;9-7-5-3-1-2-4-6(5)8(10)11-7;3*1-2(3)4;1-2/h2*4-8H,3H2,1-2H3;1-4H,(H,9,10)(H,11,12);1-4H;3*1H3;2H2,1H3. The Morgan fingerprint density at radius 2 is 0.701 bits per heavy atom. The second-order valence-corrected chi connectivity index (χ2v) is 13.3. The maximum Gasteiger partial charge on any atom is 0.346 e. The highest BCUT2D eigenvalue weighted by Crippen LogP contribution is 2.26. The Bertz CT molecular complexity index is 2200. The van der Waals surface area contributed by atoms with Crippen molar-refractivity contribution in [2.75, 3.05) is 28.2 Å². The van der Waals surface area contributed by atoms with Crippen molar-refractivity contribution in [2.24, 2.45) is 5.73 Å². The molecule has 67 heavy (non-hydrogen) atoms. The third kappa shape index (κ3) is 17.8. The van der Waals surface area contributed by atoms with Crippen LogP contribution in [0.3, 0.4) is 0 Å². The molecule has 3 aliphatic heterocycles. The van der Waals surface area contributed by atoms with Gasteiger partial charge in [0.1, 0.15) is 0 Å². The Morgan fingerprint density at radius 3 is 0.896 bits per heavy atom. The number of carboxylic acids is 2. The summed E-state index contributed by atoms with van der Waals surface area (Å²) in [5.74, 6) is -4.21. The summed E-state index contributed by atoms with van der Waals surface area (Å²) in [5.41, 5.74) is 6.96. The fraction of sp³-hybridized carbons (Fsp3) is 0.273. The molecule has 0 bridgehead atoms. The molecule has 4 aromatic rings. The predicted octanol–water partition coefficient (Wildman–Crippen LogP) is 5.50. The van der Waals surface area contributed by atoms with Crippen molar-refractivity contribution in [3.05, 3.63) is 172 Å². The fourth-order valence-corrected chi connectivity index (χ4v) is 5.47. The lowest BCUT2D eigenvalue weighted by atomic mass is 10.1. The molecule has 3 aliphatic rings. The lowest BCUT2D eigenvalue weighted by Crippen LogP contribution is -2.37. The van der Waals surface area contributed by atoms with Crippen LogP contribution in [0.4, 0.5) is 0 Å². The molecule has 7 rings (SSSR count). The monoisotopic (exact) mass is 934 g/mol. The molecule has 4 amide bonds. The lowest BCUT2D eigenvalue weighted by molar-refractivity contribution is -0.445. The number of carboxylic acid groups (broad SMARTS) is 2. The van der Waals surface area contributed by atoms with Crippen LogP contribution < -0.4 is 5.73 Å². The molecule has 4 N–H and O–H groups in total. The number of nitro groups is 3. The van der Waals surface area contributed by atoms with Gasteiger partial charge >= 0.3 is 23.9 Å². The summed E-state index contributed by atoms with van der Waals surface area (Å²) in [4.78, 5) is 118. The van der Waals surface area contributed by atoms with Crippen molar-refractivity contribution in [1.29, 1.82) is 0 Å². The van der Waals surface area contributed by atoms with Gasteiger partial charge in [0.15, 0.2) is 21.1 Å². The van der Waals surface area contributed by atoms with Gasteiger partial charge in [-0.05, 0) is 82.3 Å². The van der Waals surface area contributed by atoms with Crippen LogP contribution in [-0.4, -0.2) is 123 Å². The molecule has 0 radical (unpaired) electrons. The topological polar surface area (TPSA) is 348 Å². The van der Waals surface area contributed by atoms with Crippen molar-refractivity contribution in [1.82, 2.24) is 9.80 Å². The Kier molecular flexibility index (Phi) is 25.2. The van der Waals surface area contributed by atoms with E-state index in [-0.39, 0.29) is 46.8 Å². The first-order chi connectivity index (χ1) is 31.4. The molecule has 0 spiro atoms. The molecule has 3 heterocycles. The first-order valence-corrected chi connectivity index (χ1v) is 19.6. The number of imide groups is 2. The summed E-state index contributed by atoms with van der Waals surface area (Å²) in [6, 6.07) is 25.9. The van der Waals surface area contributed by atoms with Crippen molar-refractivity contribution < 1.29 is 68.1 Å². The van der Waals surface area contributed by atoms with Crippen LogP contribution in [-0.2, 0) is 4.74 Å². The zero-order valence-corrected chi connectivity index (χ0v) is 37.6. The lowest BCUT2D eigenvalue weighted by Gasteiger charge is -2.20. The third-order valence-corrected chi connectivity index (χ3v) is 8.65. The molecule has 23 heteroatoms. The molecule has 2 unspecified atom stereocenters. The summed E-state index contributed by atoms with van der Waals surface area (Å²) in [5, 5.41) is 43.5. The Labute approximate surface area is 383 Å². The maximum absolute atomic E-state index is 11.9. The van der Waals surface area contributed by atoms with Gasteiger partial charge in [0, 0.05) is 26.9 Å². The average molecular weight is 935 g/mol. The van der Waals surface area contributed by atoms with Crippen molar-refractivity contribution in [2.45, 2.75) is 52.6 Å². The zero-order chi connectivity index (χ0) is 51.7. The number of nitrogens with zero attached hydrogens (tertiary/aromatic N) is 5. The minimum absolute atomic E-state index is 0.0302. The Morgan fingerprint density at radius 1 is 0.507 bits per heavy atom. The molecule has 0 aliphatic carbocycles. The summed E-state index contributed by atoms with van der Waals surface area (Å²) in [6.07, 6.45) is 1.57. The molecule has 358 valence electrons. The zero-order valence-electron chi connectivity index (χ0n) is 37.6. The largest absolute Gasteiger partial charge is 0.478 e. The number of amides is 4. The second kappa shape index (κ2) is 29.0. The summed E-state index contributed by atoms with van der Waals surface area (Å²) in [7, 11) is 4.17. The van der Waals surface area contributed by atoms with Gasteiger partial charge in [-0.2, -0.15) is 0 Å². The van der Waals surface area contributed by atoms with Gasteiger partial charge in [0.25, 0.3) is 23.6 Å². The predicted molar refractivity (Wildman–Crippen MR) is 239 cm³/mol. The van der Waals surface area contributed by atoms with E-state index in [1.807, 2.05) is 27.7 Å². The number of hydrogen-bond donors (Lipinski definition) is 3. The van der Waals surface area contributed by atoms with Crippen molar-refractivity contribution in [3.63, 3.8) is 0 Å². The van der Waals surface area contributed by atoms with E-state index < -0.39 is 38.6 Å². The molecule has 2 atom stereocenters. The van der Waals surface area contributed by atoms with Crippen LogP contribution >= 0.6 is 0 Å². The minimum atomic E-state index is -1.23. The maximum atomic E-state index is 11.9. The SMILES string of the molecule is CCC(C)N1C(=O)c2ccccc2C1=O.CCC(C)N1C(=O)c2ccccc2C1=O.CN.C[N+](=O)[O-].C[N+](=O)[O-].C[N+](=O)[O-].O=C(O)c1ccccc1C(=O)O.O=C1OC(=O)c2ccccc21. The Hall–Kier alpha value is -8.60. The molecule has 4 aromatic carbocycles. The third-order valence-electron chi connectivity index (χ3n) is 8.65. The molecule has 0 aromatic heterocycles. The molecular weight excluding hydrogens is 885 g/mol. The van der Waals surface area contributed by atoms with Gasteiger partial charge in [-0.3, -0.25) is 59.3 Å². The number of esters is 2. The van der Waals surface area contributed by atoms with Crippen LogP contribution in [0.15, 0.2) is 97.1 Å². The van der Waals surface area contributed by atoms with E-state index in [1.165, 1.54) is 41.1 Å². The number of cyclic esters (lactones) is 2. The number of ether oxygens (including phenoxy) is 1. The van der Waals surface area contributed by atoms with E-state index in [0.717, 1.165) is 34.0 Å². The van der Waals surface area contributed by atoms with Crippen molar-refractivity contribution >= 4 is 47.5 Å². The fourth-order valence-electron chi connectivity index (χ4n) is 5.47. The first-order valence-electron chi connectivity index (χ1n) is 19.6. The summed E-state index contributed by atoms with van der Waals surface area (Å²) < 4.78 is 4.35. The van der Waals surface area contributed by atoms with Gasteiger partial charge in [-0.25, -0.2) is 19.2 Å². The Balaban J connectivity index is 0.000000796. The molecular formula is C44H50N6O17. The first kappa shape index (κ1) is 58.4. The van der Waals surface area contributed by atoms with Gasteiger partial charge < -0.3 is 20.7 Å². The van der Waals surface area contributed by atoms with E-state index in [0.29, 0.717) is 33.4 Å². The average Bonchev–Trinajstić information content (AvgIpc) is 3.83. The van der Waals surface area contributed by atoms with Gasteiger partial charge in [0.2, 0.25) is 0 Å². The normalized spacial score (nSPS) is 12.8. The number of benzene rings is 4. The molecule has 0 saturated carbocycles. The summed E-state index contributed by atoms with van der Waals surface area (Å²) in [6.45, 7) is 7.71. The van der Waals surface area contributed by atoms with Gasteiger partial charge in [-0.1, -0.05) is 62.4 Å². The summed E-state index contributed by atoms with van der Waals surface area (Å²) >= 11 is 0. The van der Waals surface area contributed by atoms with Crippen LogP contribution in [0.1, 0.15) is 123 Å². The number of aromatic carboxylic acids is 2. The number of nitrogens with two attached hydrogens (primary N) is 1. The number of carbonyl (C=O) groups excluding carboxylic acids is 6. The molecule has 23 nitrogen and oxygen atoms in total. The second-order valence-electron chi connectivity index (χ2n) is 13.3. The van der Waals surface area contributed by atoms with Gasteiger partial charge in [-0.15, -0.1) is 0 Å². The van der Waals surface area contributed by atoms with Crippen LogP contribution in [0.25, 0.3) is 0 Å². The van der Waals surface area contributed by atoms with E-state index in [2.05, 4.69) is 10.5 Å². The van der Waals surface area contributed by atoms with E-state index >= 15 is 0 Å². The highest BCUT2D eigenvalue weighted by atomic mass is 16.6. The smallest absolute Gasteiger partial charge is 0.346 e. The van der Waals surface area contributed by atoms with Crippen molar-refractivity contribution in [3.8, 4) is 0 Å². The molecule has 0 fully saturated rings. The minimum Gasteiger partial charge on any atom is -0.478 e.